The SMILES string of the molecule is Cc1cc(C(C)(C)c2ccc(OCC(O)CN/C=C(\N)CSF)cc2)ccc1OCC(O)CCl. The summed E-state index contributed by atoms with van der Waals surface area (Å²) in [6.07, 6.45) is 0.0426. The van der Waals surface area contributed by atoms with E-state index in [2.05, 4.69) is 25.2 Å². The molecule has 0 aliphatic rings. The first-order chi connectivity index (χ1) is 16.2. The van der Waals surface area contributed by atoms with Crippen LogP contribution in [0.5, 0.6) is 11.5 Å². The second-order valence-corrected chi connectivity index (χ2v) is 9.41. The normalized spacial score (nSPS) is 13.9. The highest BCUT2D eigenvalue weighted by Gasteiger charge is 2.24. The molecule has 0 bridgehead atoms. The third kappa shape index (κ3) is 8.58. The molecule has 0 saturated heterocycles. The number of halogens is 2. The molecule has 0 heterocycles. The fourth-order valence-electron chi connectivity index (χ4n) is 3.25. The number of aliphatic hydroxyl groups is 2. The maximum absolute atomic E-state index is 12.1. The van der Waals surface area contributed by atoms with Gasteiger partial charge in [-0.25, -0.2) is 0 Å². The van der Waals surface area contributed by atoms with E-state index < -0.39 is 12.2 Å². The lowest BCUT2D eigenvalue weighted by Crippen LogP contribution is -2.29. The average molecular weight is 513 g/mol. The van der Waals surface area contributed by atoms with Crippen molar-refractivity contribution in [1.82, 2.24) is 5.32 Å². The molecule has 0 radical (unpaired) electrons. The summed E-state index contributed by atoms with van der Waals surface area (Å²) in [4.78, 5) is 0. The van der Waals surface area contributed by atoms with Crippen molar-refractivity contribution in [3.8, 4) is 11.5 Å². The van der Waals surface area contributed by atoms with Crippen molar-refractivity contribution >= 4 is 23.7 Å². The van der Waals surface area contributed by atoms with Gasteiger partial charge < -0.3 is 30.7 Å². The summed E-state index contributed by atoms with van der Waals surface area (Å²) in [7, 11) is 0. The molecule has 2 aromatic rings. The van der Waals surface area contributed by atoms with E-state index in [1.165, 1.54) is 6.20 Å². The van der Waals surface area contributed by atoms with Crippen LogP contribution in [0.1, 0.15) is 30.5 Å². The average Bonchev–Trinajstić information content (AvgIpc) is 2.82. The topological polar surface area (TPSA) is 97.0 Å². The number of nitrogens with two attached hydrogens (primary N) is 1. The highest BCUT2D eigenvalue weighted by Crippen LogP contribution is 2.34. The van der Waals surface area contributed by atoms with Crippen LogP contribution in [0.3, 0.4) is 0 Å². The summed E-state index contributed by atoms with van der Waals surface area (Å²) >= 11 is 5.77. The van der Waals surface area contributed by atoms with Crippen molar-refractivity contribution in [2.45, 2.75) is 38.4 Å². The number of aryl methyl sites for hydroxylation is 1. The Bertz CT molecular complexity index is 928. The van der Waals surface area contributed by atoms with Gasteiger partial charge in [-0.05, 0) is 41.8 Å². The minimum absolute atomic E-state index is 0.0818. The van der Waals surface area contributed by atoms with E-state index in [0.29, 0.717) is 11.4 Å². The van der Waals surface area contributed by atoms with Crippen LogP contribution in [-0.4, -0.2) is 53.8 Å². The summed E-state index contributed by atoms with van der Waals surface area (Å²) in [5, 5.41) is 22.5. The number of alkyl halides is 1. The van der Waals surface area contributed by atoms with E-state index in [4.69, 9.17) is 26.8 Å². The number of ether oxygens (including phenoxy) is 2. The van der Waals surface area contributed by atoms with Crippen molar-refractivity contribution in [2.75, 3.05) is 31.4 Å². The molecule has 0 aromatic heterocycles. The van der Waals surface area contributed by atoms with Gasteiger partial charge in [-0.1, -0.05) is 38.1 Å². The van der Waals surface area contributed by atoms with E-state index in [-0.39, 0.29) is 49.0 Å². The lowest BCUT2D eigenvalue weighted by molar-refractivity contribution is 0.109. The summed E-state index contributed by atoms with van der Waals surface area (Å²) in [5.41, 5.74) is 8.90. The Hall–Kier alpha value is -2.13. The number of aliphatic hydroxyl groups excluding tert-OH is 2. The molecule has 2 unspecified atom stereocenters. The third-order valence-electron chi connectivity index (χ3n) is 5.39. The fourth-order valence-corrected chi connectivity index (χ4v) is 3.55. The molecule has 2 atom stereocenters. The summed E-state index contributed by atoms with van der Waals surface area (Å²) < 4.78 is 23.5. The summed E-state index contributed by atoms with van der Waals surface area (Å²) in [6.45, 7) is 6.77. The van der Waals surface area contributed by atoms with Gasteiger partial charge in [0.05, 0.1) is 23.8 Å². The molecular formula is C25H34ClFN2O4S. The number of rotatable bonds is 14. The number of benzene rings is 2. The second kappa shape index (κ2) is 13.7. The monoisotopic (exact) mass is 512 g/mol. The van der Waals surface area contributed by atoms with E-state index in [0.717, 1.165) is 22.4 Å². The van der Waals surface area contributed by atoms with Gasteiger partial charge >= 0.3 is 0 Å². The predicted molar refractivity (Wildman–Crippen MR) is 137 cm³/mol. The number of nitrogens with one attached hydrogen (secondary N) is 1. The Morgan fingerprint density at radius 2 is 1.76 bits per heavy atom. The van der Waals surface area contributed by atoms with E-state index in [9.17, 15) is 14.1 Å². The van der Waals surface area contributed by atoms with Gasteiger partial charge in [0.15, 0.2) is 0 Å². The molecule has 9 heteroatoms. The van der Waals surface area contributed by atoms with Gasteiger partial charge in [-0.15, -0.1) is 11.6 Å². The Kier molecular flexibility index (Phi) is 11.3. The molecule has 0 aliphatic carbocycles. The van der Waals surface area contributed by atoms with Gasteiger partial charge in [-0.2, -0.15) is 3.89 Å². The Morgan fingerprint density at radius 3 is 2.38 bits per heavy atom. The predicted octanol–water partition coefficient (Wildman–Crippen LogP) is 4.05. The van der Waals surface area contributed by atoms with Crippen LogP contribution in [0.15, 0.2) is 54.4 Å². The van der Waals surface area contributed by atoms with Crippen LogP contribution in [-0.2, 0) is 5.41 Å². The second-order valence-electron chi connectivity index (χ2n) is 8.59. The van der Waals surface area contributed by atoms with Crippen LogP contribution in [0.25, 0.3) is 0 Å². The molecule has 5 N–H and O–H groups in total. The third-order valence-corrected chi connectivity index (χ3v) is 6.19. The van der Waals surface area contributed by atoms with Gasteiger partial charge in [0.1, 0.15) is 36.9 Å². The highest BCUT2D eigenvalue weighted by atomic mass is 35.5. The molecule has 0 amide bonds. The molecule has 0 aliphatic heterocycles. The smallest absolute Gasteiger partial charge is 0.122 e. The lowest BCUT2D eigenvalue weighted by atomic mass is 9.77. The van der Waals surface area contributed by atoms with Gasteiger partial charge in [0.25, 0.3) is 0 Å². The first-order valence-corrected chi connectivity index (χ1v) is 12.4. The minimum atomic E-state index is -0.743. The Labute approximate surface area is 210 Å². The maximum atomic E-state index is 12.1. The molecule has 188 valence electrons. The number of hydrogen-bond acceptors (Lipinski definition) is 7. The Balaban J connectivity index is 1.95. The van der Waals surface area contributed by atoms with Gasteiger partial charge in [0, 0.05) is 23.9 Å². The van der Waals surface area contributed by atoms with Crippen molar-refractivity contribution in [1.29, 1.82) is 0 Å². The van der Waals surface area contributed by atoms with Crippen molar-refractivity contribution in [3.63, 3.8) is 0 Å². The molecule has 0 spiro atoms. The maximum Gasteiger partial charge on any atom is 0.122 e. The van der Waals surface area contributed by atoms with Gasteiger partial charge in [-0.3, -0.25) is 0 Å². The van der Waals surface area contributed by atoms with Crippen LogP contribution < -0.4 is 20.5 Å². The van der Waals surface area contributed by atoms with Crippen LogP contribution >= 0.6 is 23.7 Å². The van der Waals surface area contributed by atoms with E-state index in [1.807, 2.05) is 43.3 Å². The highest BCUT2D eigenvalue weighted by molar-refractivity contribution is 7.94. The van der Waals surface area contributed by atoms with E-state index >= 15 is 0 Å². The van der Waals surface area contributed by atoms with Crippen molar-refractivity contribution in [3.05, 3.63) is 71.1 Å². The van der Waals surface area contributed by atoms with Crippen molar-refractivity contribution < 1.29 is 23.6 Å². The molecule has 2 aromatic carbocycles. The molecular weight excluding hydrogens is 479 g/mol. The number of hydrogen-bond donors (Lipinski definition) is 4. The standard InChI is InChI=1S/C25H34ClFN2O4S/c1-17-10-19(6-9-24(17)33-14-21(30)11-26)25(2,3)18-4-7-23(8-5-18)32-15-22(31)13-29-12-20(28)16-34-27/h4-10,12,21-22,29-31H,11,13-16,28H2,1-3H3/b20-12-. The molecule has 0 saturated carbocycles. The summed E-state index contributed by atoms with van der Waals surface area (Å²) in [5.74, 6) is 1.59. The Morgan fingerprint density at radius 1 is 1.12 bits per heavy atom. The van der Waals surface area contributed by atoms with E-state index in [1.54, 1.807) is 0 Å². The lowest BCUT2D eigenvalue weighted by Gasteiger charge is -2.27. The van der Waals surface area contributed by atoms with Crippen LogP contribution in [0.2, 0.25) is 0 Å². The molecule has 6 nitrogen and oxygen atoms in total. The quantitative estimate of drug-likeness (QED) is 0.283. The zero-order chi connectivity index (χ0) is 25.1. The molecule has 34 heavy (non-hydrogen) atoms. The minimum Gasteiger partial charge on any atom is -0.491 e. The van der Waals surface area contributed by atoms with Crippen LogP contribution in [0.4, 0.5) is 3.89 Å². The molecule has 0 fully saturated rings. The van der Waals surface area contributed by atoms with Crippen LogP contribution in [0, 0.1) is 6.92 Å². The summed E-state index contributed by atoms with van der Waals surface area (Å²) in [6, 6.07) is 13.8. The fraction of sp³-hybridized carbons (Fsp3) is 0.440. The zero-order valence-electron chi connectivity index (χ0n) is 19.8. The first-order valence-electron chi connectivity index (χ1n) is 11.0. The largest absolute Gasteiger partial charge is 0.491 e. The van der Waals surface area contributed by atoms with Crippen molar-refractivity contribution in [2.24, 2.45) is 5.73 Å². The van der Waals surface area contributed by atoms with Gasteiger partial charge in [0.2, 0.25) is 0 Å². The first kappa shape index (κ1) is 28.1. The molecule has 2 rings (SSSR count). The zero-order valence-corrected chi connectivity index (χ0v) is 21.3.